The van der Waals surface area contributed by atoms with Crippen LogP contribution in [0.4, 0.5) is 0 Å². The minimum absolute atomic E-state index is 0.0139. The van der Waals surface area contributed by atoms with E-state index in [9.17, 15) is 14.7 Å². The third-order valence-electron chi connectivity index (χ3n) is 4.65. The molecule has 2 aromatic rings. The first-order valence-corrected chi connectivity index (χ1v) is 10.8. The summed E-state index contributed by atoms with van der Waals surface area (Å²) in [5.74, 6) is -0.630. The number of allylic oxidation sites excluding steroid dienone is 2. The lowest BCUT2D eigenvalue weighted by atomic mass is 9.86. The van der Waals surface area contributed by atoms with Crippen LogP contribution in [0.3, 0.4) is 0 Å². The van der Waals surface area contributed by atoms with Gasteiger partial charge in [0.05, 0.1) is 16.3 Å². The fraction of sp³-hybridized carbons (Fsp3) is 0.238. The van der Waals surface area contributed by atoms with Crippen LogP contribution in [0.5, 0.6) is 0 Å². The van der Waals surface area contributed by atoms with Crippen molar-refractivity contribution >= 4 is 58.3 Å². The van der Waals surface area contributed by atoms with E-state index < -0.39 is 0 Å². The van der Waals surface area contributed by atoms with Crippen LogP contribution in [0.25, 0.3) is 0 Å². The predicted molar refractivity (Wildman–Crippen MR) is 118 cm³/mol. The number of likely N-dealkylation sites (N-methyl/N-ethyl adjacent to an activating group) is 1. The Kier molecular flexibility index (Phi) is 7.17. The number of aliphatic hydroxyl groups is 1. The predicted octanol–water partition coefficient (Wildman–Crippen LogP) is 5.94. The number of aliphatic hydroxyl groups excluding tert-OH is 1. The van der Waals surface area contributed by atoms with E-state index >= 15 is 0 Å². The van der Waals surface area contributed by atoms with Crippen molar-refractivity contribution in [1.82, 2.24) is 5.32 Å². The molecule has 152 valence electrons. The van der Waals surface area contributed by atoms with Gasteiger partial charge in [-0.25, -0.2) is 0 Å². The molecule has 8 heteroatoms. The van der Waals surface area contributed by atoms with Crippen molar-refractivity contribution in [2.45, 2.75) is 30.1 Å². The van der Waals surface area contributed by atoms with Gasteiger partial charge in [0, 0.05) is 40.7 Å². The van der Waals surface area contributed by atoms with Crippen LogP contribution < -0.4 is 5.32 Å². The lowest BCUT2D eigenvalue weighted by Gasteiger charge is -2.25. The lowest BCUT2D eigenvalue weighted by Crippen LogP contribution is -2.20. The average molecular weight is 471 g/mol. The van der Waals surface area contributed by atoms with Crippen molar-refractivity contribution in [2.24, 2.45) is 0 Å². The number of hydrogen-bond donors (Lipinski definition) is 2. The highest BCUT2D eigenvalue weighted by Gasteiger charge is 2.31. The van der Waals surface area contributed by atoms with Crippen LogP contribution in [-0.2, 0) is 16.0 Å². The number of benzene rings is 2. The van der Waals surface area contributed by atoms with Crippen LogP contribution in [-0.4, -0.2) is 23.8 Å². The fourth-order valence-electron chi connectivity index (χ4n) is 3.22. The Labute approximate surface area is 188 Å². The molecule has 0 radical (unpaired) electrons. The zero-order valence-corrected chi connectivity index (χ0v) is 18.6. The zero-order chi connectivity index (χ0) is 21.1. The number of carbonyl (C=O) groups excluding carboxylic acids is 2. The van der Waals surface area contributed by atoms with Crippen molar-refractivity contribution in [1.29, 1.82) is 0 Å². The van der Waals surface area contributed by atoms with Gasteiger partial charge in [-0.3, -0.25) is 9.59 Å². The van der Waals surface area contributed by atoms with Crippen LogP contribution in [0.15, 0.2) is 52.0 Å². The van der Waals surface area contributed by atoms with Crippen LogP contribution in [0, 0.1) is 0 Å². The molecule has 1 aliphatic carbocycles. The van der Waals surface area contributed by atoms with E-state index in [2.05, 4.69) is 5.32 Å². The largest absolute Gasteiger partial charge is 0.511 e. The highest BCUT2D eigenvalue weighted by atomic mass is 35.5. The second kappa shape index (κ2) is 9.43. The van der Waals surface area contributed by atoms with Crippen LogP contribution >= 0.6 is 46.6 Å². The van der Waals surface area contributed by atoms with Gasteiger partial charge in [-0.15, -0.1) is 0 Å². The molecule has 0 saturated carbocycles. The molecule has 0 aromatic heterocycles. The first-order chi connectivity index (χ1) is 13.8. The van der Waals surface area contributed by atoms with Gasteiger partial charge in [0.1, 0.15) is 5.76 Å². The number of halogens is 3. The van der Waals surface area contributed by atoms with E-state index in [4.69, 9.17) is 34.8 Å². The molecule has 2 aromatic carbocycles. The number of ketones is 1. The maximum atomic E-state index is 12.8. The van der Waals surface area contributed by atoms with Gasteiger partial charge in [-0.1, -0.05) is 58.7 Å². The molecular weight excluding hydrogens is 453 g/mol. The number of nitrogens with one attached hydrogen (secondary N) is 1. The number of amides is 1. The summed E-state index contributed by atoms with van der Waals surface area (Å²) in [7, 11) is 1.57. The molecule has 3 rings (SSSR count). The molecule has 0 heterocycles. The molecule has 29 heavy (non-hydrogen) atoms. The maximum absolute atomic E-state index is 12.8. The molecule has 0 spiro atoms. The summed E-state index contributed by atoms with van der Waals surface area (Å²) in [6.07, 6.45) is 0.645. The summed E-state index contributed by atoms with van der Waals surface area (Å²) in [5, 5.41) is 14.6. The third-order valence-corrected chi connectivity index (χ3v) is 6.97. The monoisotopic (exact) mass is 469 g/mol. The Balaban J connectivity index is 1.86. The van der Waals surface area contributed by atoms with Crippen molar-refractivity contribution in [2.75, 3.05) is 7.05 Å². The van der Waals surface area contributed by atoms with Gasteiger partial charge in [-0.05, 0) is 35.4 Å². The molecule has 0 bridgehead atoms. The van der Waals surface area contributed by atoms with E-state index in [0.717, 1.165) is 17.3 Å². The molecule has 1 unspecified atom stereocenters. The van der Waals surface area contributed by atoms with Crippen LogP contribution in [0.1, 0.15) is 29.9 Å². The summed E-state index contributed by atoms with van der Waals surface area (Å²) < 4.78 is 0. The topological polar surface area (TPSA) is 66.4 Å². The summed E-state index contributed by atoms with van der Waals surface area (Å²) in [4.78, 5) is 25.3. The van der Waals surface area contributed by atoms with Gasteiger partial charge >= 0.3 is 0 Å². The van der Waals surface area contributed by atoms with E-state index in [1.807, 2.05) is 0 Å². The normalized spacial score (nSPS) is 16.8. The Morgan fingerprint density at radius 3 is 2.45 bits per heavy atom. The Morgan fingerprint density at radius 2 is 1.83 bits per heavy atom. The highest BCUT2D eigenvalue weighted by Crippen LogP contribution is 2.45. The molecule has 1 aliphatic rings. The quantitative estimate of drug-likeness (QED) is 0.567. The number of rotatable bonds is 5. The van der Waals surface area contributed by atoms with Crippen molar-refractivity contribution in [3.63, 3.8) is 0 Å². The standard InChI is InChI=1S/C21H18Cl3NO3S/c1-25-19(28)8-11-5-6-13(22)18(7-11)29-21-16(26)9-12(10-17(21)27)20-14(23)3-2-4-15(20)24/h2-7,12,26H,8-10H2,1H3,(H,25,28). The summed E-state index contributed by atoms with van der Waals surface area (Å²) in [6, 6.07) is 10.4. The van der Waals surface area contributed by atoms with Gasteiger partial charge in [-0.2, -0.15) is 0 Å². The number of carbonyl (C=O) groups is 2. The molecule has 4 nitrogen and oxygen atoms in total. The average Bonchev–Trinajstić information content (AvgIpc) is 2.66. The number of hydrogen-bond acceptors (Lipinski definition) is 4. The van der Waals surface area contributed by atoms with Crippen molar-refractivity contribution in [3.05, 3.63) is 73.3 Å². The Morgan fingerprint density at radius 1 is 1.14 bits per heavy atom. The first kappa shape index (κ1) is 22.0. The van der Waals surface area contributed by atoms with E-state index in [0.29, 0.717) is 25.5 Å². The molecule has 0 fully saturated rings. The minimum Gasteiger partial charge on any atom is -0.511 e. The van der Waals surface area contributed by atoms with Gasteiger partial charge in [0.2, 0.25) is 5.91 Å². The number of Topliss-reactive ketones (excluding diaryl/α,β-unsaturated/α-hetero) is 1. The lowest BCUT2D eigenvalue weighted by molar-refractivity contribution is -0.120. The fourth-order valence-corrected chi connectivity index (χ4v) is 5.15. The minimum atomic E-state index is -0.289. The molecule has 0 aliphatic heterocycles. The first-order valence-electron chi connectivity index (χ1n) is 8.86. The SMILES string of the molecule is CNC(=O)Cc1ccc(Cl)c(SC2=C(O)CC(c3c(Cl)cccc3Cl)CC2=O)c1. The third kappa shape index (κ3) is 5.10. The molecular formula is C21H18Cl3NO3S. The summed E-state index contributed by atoms with van der Waals surface area (Å²) >= 11 is 19.9. The van der Waals surface area contributed by atoms with Crippen molar-refractivity contribution < 1.29 is 14.7 Å². The zero-order valence-electron chi connectivity index (χ0n) is 15.5. The Bertz CT molecular complexity index is 986. The van der Waals surface area contributed by atoms with Gasteiger partial charge in [0.25, 0.3) is 0 Å². The van der Waals surface area contributed by atoms with E-state index in [1.165, 1.54) is 0 Å². The van der Waals surface area contributed by atoms with Gasteiger partial charge < -0.3 is 10.4 Å². The van der Waals surface area contributed by atoms with Crippen LogP contribution in [0.2, 0.25) is 15.1 Å². The second-order valence-corrected chi connectivity index (χ2v) is 8.93. The highest BCUT2D eigenvalue weighted by molar-refractivity contribution is 8.04. The Hall–Kier alpha value is -1.66. The molecule has 0 saturated heterocycles. The summed E-state index contributed by atoms with van der Waals surface area (Å²) in [5.41, 5.74) is 1.44. The smallest absolute Gasteiger partial charge is 0.224 e. The maximum Gasteiger partial charge on any atom is 0.224 e. The van der Waals surface area contributed by atoms with E-state index in [1.54, 1.807) is 43.4 Å². The van der Waals surface area contributed by atoms with Crippen molar-refractivity contribution in [3.8, 4) is 0 Å². The molecule has 1 atom stereocenters. The summed E-state index contributed by atoms with van der Waals surface area (Å²) in [6.45, 7) is 0. The second-order valence-electron chi connectivity index (χ2n) is 6.66. The number of thioether (sulfide) groups is 1. The van der Waals surface area contributed by atoms with Gasteiger partial charge in [0.15, 0.2) is 5.78 Å². The molecule has 1 amide bonds. The van der Waals surface area contributed by atoms with E-state index in [-0.39, 0.29) is 47.5 Å². The molecule has 2 N–H and O–H groups in total.